The Kier molecular flexibility index (Phi) is 3.03. The van der Waals surface area contributed by atoms with Gasteiger partial charge < -0.3 is 0 Å². The summed E-state index contributed by atoms with van der Waals surface area (Å²) >= 11 is 0. The molecule has 1 heteroatoms. The van der Waals surface area contributed by atoms with Gasteiger partial charge in [-0.2, -0.15) is 0 Å². The second kappa shape index (κ2) is 3.04. The molecule has 0 unspecified atom stereocenters. The van der Waals surface area contributed by atoms with E-state index in [4.69, 9.17) is 0 Å². The zero-order valence-electron chi connectivity index (χ0n) is 4.26. The van der Waals surface area contributed by atoms with Crippen LogP contribution in [0.1, 0.15) is 13.3 Å². The number of hydrogen-bond donors (Lipinski definition) is 0. The zero-order valence-corrected chi connectivity index (χ0v) is 5.24. The fourth-order valence-electron chi connectivity index (χ4n) is 0.554. The van der Waals surface area contributed by atoms with Gasteiger partial charge in [0.05, 0.1) is 0 Å². The van der Waals surface area contributed by atoms with Crippen molar-refractivity contribution in [2.45, 2.75) is 13.3 Å². The first kappa shape index (κ1) is 6.97. The second-order valence-electron chi connectivity index (χ2n) is 1.65. The molecule has 1 aliphatic rings. The molecule has 0 saturated heterocycles. The van der Waals surface area contributed by atoms with E-state index in [1.54, 1.807) is 0 Å². The normalized spacial score (nSPS) is 15.9. The van der Waals surface area contributed by atoms with Gasteiger partial charge in [-0.25, -0.2) is 0 Å². The second-order valence-corrected chi connectivity index (χ2v) is 1.65. The molecule has 0 bridgehead atoms. The predicted octanol–water partition coefficient (Wildman–Crippen LogP) is 1.89. The van der Waals surface area contributed by atoms with Crippen molar-refractivity contribution >= 4 is 0 Å². The molecule has 0 aromatic rings. The molecule has 0 aromatic heterocycles. The van der Waals surface area contributed by atoms with E-state index >= 15 is 0 Å². The Morgan fingerprint density at radius 1 is 1.57 bits per heavy atom. The van der Waals surface area contributed by atoms with Crippen LogP contribution in [0.2, 0.25) is 0 Å². The maximum atomic E-state index is 2.16. The van der Waals surface area contributed by atoms with Crippen molar-refractivity contribution in [3.63, 3.8) is 0 Å². The molecule has 0 spiro atoms. The van der Waals surface area contributed by atoms with Gasteiger partial charge in [0, 0.05) is 16.5 Å². The van der Waals surface area contributed by atoms with Crippen LogP contribution < -0.4 is 0 Å². The number of hydrogen-bond acceptors (Lipinski definition) is 0. The summed E-state index contributed by atoms with van der Waals surface area (Å²) in [4.78, 5) is 0. The molecule has 0 N–H and O–H groups in total. The van der Waals surface area contributed by atoms with Gasteiger partial charge in [-0.15, -0.1) is 0 Å². The molecule has 1 rings (SSSR count). The summed E-state index contributed by atoms with van der Waals surface area (Å²) in [7, 11) is 0. The maximum absolute atomic E-state index is 2.16. The van der Waals surface area contributed by atoms with Crippen molar-refractivity contribution in [2.24, 2.45) is 0 Å². The van der Waals surface area contributed by atoms with E-state index < -0.39 is 0 Å². The van der Waals surface area contributed by atoms with Crippen LogP contribution in [-0.4, -0.2) is 0 Å². The van der Waals surface area contributed by atoms with Crippen LogP contribution in [0.4, 0.5) is 0 Å². The number of allylic oxidation sites excluding steroid dienone is 4. The van der Waals surface area contributed by atoms with E-state index in [0.29, 0.717) is 0 Å². The Balaban J connectivity index is 0.000000360. The van der Waals surface area contributed by atoms with Crippen LogP contribution in [0.3, 0.4) is 0 Å². The van der Waals surface area contributed by atoms with E-state index in [-0.39, 0.29) is 16.5 Å². The Labute approximate surface area is 54.2 Å². The fourth-order valence-corrected chi connectivity index (χ4v) is 0.554. The Bertz CT molecular complexity index is 101. The van der Waals surface area contributed by atoms with Crippen LogP contribution in [0.15, 0.2) is 23.8 Å². The SMILES string of the molecule is CC1=CC=CC1.[Ni]. The third kappa shape index (κ3) is 1.94. The van der Waals surface area contributed by atoms with Gasteiger partial charge in [0.15, 0.2) is 0 Å². The third-order valence-corrected chi connectivity index (χ3v) is 0.957. The van der Waals surface area contributed by atoms with Crippen LogP contribution in [0.25, 0.3) is 0 Å². The molecule has 0 atom stereocenters. The summed E-state index contributed by atoms with van der Waals surface area (Å²) in [5.41, 5.74) is 1.47. The van der Waals surface area contributed by atoms with E-state index in [1.165, 1.54) is 12.0 Å². The molecule has 0 nitrogen and oxygen atoms in total. The topological polar surface area (TPSA) is 0 Å². The van der Waals surface area contributed by atoms with E-state index in [2.05, 4.69) is 25.2 Å². The van der Waals surface area contributed by atoms with Crippen molar-refractivity contribution < 1.29 is 16.5 Å². The molecular formula is C6H8Ni. The van der Waals surface area contributed by atoms with Gasteiger partial charge in [0.1, 0.15) is 0 Å². The molecule has 1 aliphatic carbocycles. The summed E-state index contributed by atoms with van der Waals surface area (Å²) in [5.74, 6) is 0. The van der Waals surface area contributed by atoms with Crippen molar-refractivity contribution in [3.05, 3.63) is 23.8 Å². The summed E-state index contributed by atoms with van der Waals surface area (Å²) < 4.78 is 0. The molecule has 0 saturated carbocycles. The average Bonchev–Trinajstić information content (AvgIpc) is 1.86. The first-order chi connectivity index (χ1) is 2.89. The van der Waals surface area contributed by atoms with Gasteiger partial charge in [0.2, 0.25) is 0 Å². The predicted molar refractivity (Wildman–Crippen MR) is 27.5 cm³/mol. The zero-order chi connectivity index (χ0) is 4.41. The summed E-state index contributed by atoms with van der Waals surface area (Å²) in [6, 6.07) is 0. The Hall–Kier alpha value is -0.0265. The maximum Gasteiger partial charge on any atom is 0 e. The van der Waals surface area contributed by atoms with Crippen molar-refractivity contribution in [2.75, 3.05) is 0 Å². The van der Waals surface area contributed by atoms with Gasteiger partial charge in [-0.3, -0.25) is 0 Å². The molecule has 0 radical (unpaired) electrons. The van der Waals surface area contributed by atoms with Crippen molar-refractivity contribution in [3.8, 4) is 0 Å². The molecule has 0 heterocycles. The van der Waals surface area contributed by atoms with Crippen LogP contribution in [-0.2, 0) is 16.5 Å². The van der Waals surface area contributed by atoms with Gasteiger partial charge >= 0.3 is 0 Å². The fraction of sp³-hybridized carbons (Fsp3) is 0.333. The molecule has 0 amide bonds. The minimum atomic E-state index is 0. The van der Waals surface area contributed by atoms with Gasteiger partial charge in [-0.1, -0.05) is 23.8 Å². The monoisotopic (exact) mass is 138 g/mol. The molecule has 0 aliphatic heterocycles. The third-order valence-electron chi connectivity index (χ3n) is 0.957. The van der Waals surface area contributed by atoms with Crippen LogP contribution >= 0.6 is 0 Å². The molecule has 7 heavy (non-hydrogen) atoms. The van der Waals surface area contributed by atoms with E-state index in [0.717, 1.165) is 0 Å². The van der Waals surface area contributed by atoms with Crippen molar-refractivity contribution in [1.29, 1.82) is 0 Å². The minimum absolute atomic E-state index is 0. The summed E-state index contributed by atoms with van der Waals surface area (Å²) in [6.45, 7) is 2.14. The number of rotatable bonds is 0. The first-order valence-electron chi connectivity index (χ1n) is 2.22. The smallest absolute Gasteiger partial charge is 0 e. The van der Waals surface area contributed by atoms with Gasteiger partial charge in [-0.05, 0) is 13.3 Å². The standard InChI is InChI=1S/C6H8.Ni/c1-6-4-2-3-5-6;/h2-4H,5H2,1H3;. The van der Waals surface area contributed by atoms with Gasteiger partial charge in [0.25, 0.3) is 0 Å². The minimum Gasteiger partial charge on any atom is -0.0805 e. The quantitative estimate of drug-likeness (QED) is 0.449. The Morgan fingerprint density at radius 3 is 2.43 bits per heavy atom. The summed E-state index contributed by atoms with van der Waals surface area (Å²) in [5, 5.41) is 0. The molecule has 0 fully saturated rings. The average molecular weight is 139 g/mol. The van der Waals surface area contributed by atoms with E-state index in [9.17, 15) is 0 Å². The molecule has 42 valence electrons. The van der Waals surface area contributed by atoms with E-state index in [1.807, 2.05) is 0 Å². The largest absolute Gasteiger partial charge is 0.0805 e. The molecule has 0 aromatic carbocycles. The first-order valence-corrected chi connectivity index (χ1v) is 2.22. The van der Waals surface area contributed by atoms with Crippen LogP contribution in [0.5, 0.6) is 0 Å². The van der Waals surface area contributed by atoms with Crippen LogP contribution in [0, 0.1) is 0 Å². The molecular weight excluding hydrogens is 131 g/mol. The Morgan fingerprint density at radius 2 is 2.29 bits per heavy atom. The van der Waals surface area contributed by atoms with Crippen molar-refractivity contribution in [1.82, 2.24) is 0 Å². The summed E-state index contributed by atoms with van der Waals surface area (Å²) in [6.07, 6.45) is 7.56.